The molecule has 144 valence electrons. The summed E-state index contributed by atoms with van der Waals surface area (Å²) < 4.78 is 7.71. The summed E-state index contributed by atoms with van der Waals surface area (Å²) in [5, 5.41) is 10.6. The van der Waals surface area contributed by atoms with Gasteiger partial charge in [0.15, 0.2) is 5.96 Å². The first-order valence-electron chi connectivity index (χ1n) is 9.18. The number of aryl methyl sites for hydroxylation is 1. The summed E-state index contributed by atoms with van der Waals surface area (Å²) >= 11 is 0. The van der Waals surface area contributed by atoms with Crippen molar-refractivity contribution >= 4 is 29.9 Å². The molecule has 2 N–H and O–H groups in total. The number of ether oxygens (including phenoxy) is 1. The Morgan fingerprint density at radius 3 is 2.72 bits per heavy atom. The maximum absolute atomic E-state index is 5.95. The summed E-state index contributed by atoms with van der Waals surface area (Å²) in [7, 11) is 3.67. The monoisotopic (exact) mass is 464 g/mol. The number of hydrogen-bond acceptors (Lipinski definition) is 4. The summed E-state index contributed by atoms with van der Waals surface area (Å²) in [5.41, 5.74) is 0. The first kappa shape index (κ1) is 22.1. The molecular weight excluding hydrogens is 431 g/mol. The van der Waals surface area contributed by atoms with Gasteiger partial charge in [-0.15, -0.1) is 24.0 Å². The van der Waals surface area contributed by atoms with E-state index in [9.17, 15) is 0 Å². The molecule has 1 aliphatic carbocycles. The van der Waals surface area contributed by atoms with E-state index in [4.69, 9.17) is 4.74 Å². The van der Waals surface area contributed by atoms with E-state index in [1.54, 1.807) is 18.1 Å². The van der Waals surface area contributed by atoms with Crippen molar-refractivity contribution in [2.75, 3.05) is 20.2 Å². The average molecular weight is 464 g/mol. The van der Waals surface area contributed by atoms with E-state index < -0.39 is 0 Å². The highest BCUT2D eigenvalue weighted by Gasteiger charge is 2.12. The molecule has 0 amide bonds. The number of rotatable bonds is 9. The maximum atomic E-state index is 5.95. The van der Waals surface area contributed by atoms with E-state index in [2.05, 4.69) is 25.7 Å². The summed E-state index contributed by atoms with van der Waals surface area (Å²) in [6, 6.07) is 0. The lowest BCUT2D eigenvalue weighted by Crippen LogP contribution is -2.37. The second-order valence-electron chi connectivity index (χ2n) is 6.34. The molecule has 1 heterocycles. The van der Waals surface area contributed by atoms with E-state index in [1.165, 1.54) is 38.5 Å². The zero-order chi connectivity index (χ0) is 17.0. The van der Waals surface area contributed by atoms with E-state index in [0.29, 0.717) is 12.6 Å². The molecule has 2 rings (SSSR count). The van der Waals surface area contributed by atoms with Crippen LogP contribution in [0.3, 0.4) is 0 Å². The molecule has 1 fully saturated rings. The summed E-state index contributed by atoms with van der Waals surface area (Å²) in [6.45, 7) is 2.44. The molecule has 0 saturated heterocycles. The number of unbranched alkanes of at least 4 members (excludes halogenated alkanes) is 2. The van der Waals surface area contributed by atoms with Crippen LogP contribution in [0.4, 0.5) is 0 Å². The van der Waals surface area contributed by atoms with E-state index >= 15 is 0 Å². The van der Waals surface area contributed by atoms with Gasteiger partial charge in [0, 0.05) is 27.2 Å². The van der Waals surface area contributed by atoms with Gasteiger partial charge in [-0.1, -0.05) is 19.3 Å². The number of aromatic nitrogens is 3. The van der Waals surface area contributed by atoms with Gasteiger partial charge >= 0.3 is 0 Å². The van der Waals surface area contributed by atoms with Gasteiger partial charge in [-0.2, -0.15) is 5.10 Å². The molecule has 0 aliphatic heterocycles. The predicted molar refractivity (Wildman–Crippen MR) is 111 cm³/mol. The van der Waals surface area contributed by atoms with Gasteiger partial charge in [-0.05, 0) is 32.1 Å². The van der Waals surface area contributed by atoms with Crippen LogP contribution in [0.15, 0.2) is 11.3 Å². The molecule has 0 atom stereocenters. The first-order valence-corrected chi connectivity index (χ1v) is 9.18. The fourth-order valence-electron chi connectivity index (χ4n) is 2.96. The minimum absolute atomic E-state index is 0. The molecule has 0 spiro atoms. The summed E-state index contributed by atoms with van der Waals surface area (Å²) in [4.78, 5) is 8.41. The van der Waals surface area contributed by atoms with Crippen molar-refractivity contribution in [1.29, 1.82) is 0 Å². The first-order chi connectivity index (χ1) is 11.8. The molecule has 0 bridgehead atoms. The Bertz CT molecular complexity index is 487. The van der Waals surface area contributed by atoms with Crippen molar-refractivity contribution in [1.82, 2.24) is 25.4 Å². The quantitative estimate of drug-likeness (QED) is 0.254. The second kappa shape index (κ2) is 13.3. The van der Waals surface area contributed by atoms with Gasteiger partial charge < -0.3 is 15.4 Å². The van der Waals surface area contributed by atoms with Crippen LogP contribution >= 0.6 is 24.0 Å². The van der Waals surface area contributed by atoms with Crippen LogP contribution in [0, 0.1) is 0 Å². The third-order valence-electron chi connectivity index (χ3n) is 4.46. The molecule has 8 heteroatoms. The van der Waals surface area contributed by atoms with Crippen molar-refractivity contribution in [3.63, 3.8) is 0 Å². The smallest absolute Gasteiger partial charge is 0.191 e. The van der Waals surface area contributed by atoms with Crippen LogP contribution in [0.5, 0.6) is 0 Å². The third-order valence-corrected chi connectivity index (χ3v) is 4.46. The zero-order valence-corrected chi connectivity index (χ0v) is 17.9. The van der Waals surface area contributed by atoms with Crippen molar-refractivity contribution < 1.29 is 4.74 Å². The molecule has 7 nitrogen and oxygen atoms in total. The van der Waals surface area contributed by atoms with Gasteiger partial charge in [-0.3, -0.25) is 9.67 Å². The Balaban J connectivity index is 0.00000312. The topological polar surface area (TPSA) is 76.4 Å². The van der Waals surface area contributed by atoms with Gasteiger partial charge in [0.05, 0.1) is 12.6 Å². The zero-order valence-electron chi connectivity index (χ0n) is 15.5. The fourth-order valence-corrected chi connectivity index (χ4v) is 2.96. The Labute approximate surface area is 168 Å². The molecule has 25 heavy (non-hydrogen) atoms. The fraction of sp³-hybridized carbons (Fsp3) is 0.824. The van der Waals surface area contributed by atoms with Crippen molar-refractivity contribution in [2.45, 2.75) is 64.0 Å². The molecular formula is C17H33IN6O. The predicted octanol–water partition coefficient (Wildman–Crippen LogP) is 2.62. The minimum atomic E-state index is 0. The Morgan fingerprint density at radius 2 is 2.04 bits per heavy atom. The lowest BCUT2D eigenvalue weighted by molar-refractivity contribution is 0.0264. The standard InChI is InChI=1S/C17H32N6O.HI/c1-18-17(20-13-16-21-14-22-23(16)2)19-11-7-4-8-12-24-15-9-5-3-6-10-15;/h14-15H,3-13H2,1-2H3,(H2,18,19,20);1H. The molecule has 1 aromatic heterocycles. The summed E-state index contributed by atoms with van der Waals surface area (Å²) in [6.07, 6.45) is 12.1. The van der Waals surface area contributed by atoms with Crippen molar-refractivity contribution in [3.05, 3.63) is 12.2 Å². The van der Waals surface area contributed by atoms with Gasteiger partial charge in [-0.25, -0.2) is 4.98 Å². The molecule has 0 aromatic carbocycles. The van der Waals surface area contributed by atoms with Crippen LogP contribution in [0.1, 0.15) is 57.2 Å². The second-order valence-corrected chi connectivity index (χ2v) is 6.34. The number of hydrogen-bond donors (Lipinski definition) is 2. The van der Waals surface area contributed by atoms with E-state index in [-0.39, 0.29) is 24.0 Å². The van der Waals surface area contributed by atoms with Gasteiger partial charge in [0.1, 0.15) is 12.2 Å². The lowest BCUT2D eigenvalue weighted by atomic mass is 9.98. The highest BCUT2D eigenvalue weighted by molar-refractivity contribution is 14.0. The van der Waals surface area contributed by atoms with Crippen LogP contribution in [0.25, 0.3) is 0 Å². The number of nitrogens with one attached hydrogen (secondary N) is 2. The van der Waals surface area contributed by atoms with Crippen LogP contribution in [-0.2, 0) is 18.3 Å². The highest BCUT2D eigenvalue weighted by Crippen LogP contribution is 2.20. The Kier molecular flexibility index (Phi) is 11.8. The molecule has 0 unspecified atom stereocenters. The number of nitrogens with zero attached hydrogens (tertiary/aromatic N) is 4. The van der Waals surface area contributed by atoms with E-state index in [1.807, 2.05) is 7.05 Å². The number of aliphatic imine (C=N–C) groups is 1. The molecule has 1 aliphatic rings. The van der Waals surface area contributed by atoms with Crippen molar-refractivity contribution in [3.8, 4) is 0 Å². The lowest BCUT2D eigenvalue weighted by Gasteiger charge is -2.21. The largest absolute Gasteiger partial charge is 0.378 e. The van der Waals surface area contributed by atoms with Gasteiger partial charge in [0.25, 0.3) is 0 Å². The normalized spacial score (nSPS) is 15.7. The SMILES string of the molecule is CN=C(NCCCCCOC1CCCCC1)NCc1ncnn1C.I. The molecule has 1 aromatic rings. The highest BCUT2D eigenvalue weighted by atomic mass is 127. The Morgan fingerprint density at radius 1 is 1.24 bits per heavy atom. The van der Waals surface area contributed by atoms with Crippen LogP contribution in [0.2, 0.25) is 0 Å². The third kappa shape index (κ3) is 8.84. The van der Waals surface area contributed by atoms with E-state index in [0.717, 1.165) is 37.8 Å². The average Bonchev–Trinajstić information content (AvgIpc) is 3.02. The Hall–Kier alpha value is -0.900. The number of guanidine groups is 1. The molecule has 0 radical (unpaired) electrons. The minimum Gasteiger partial charge on any atom is -0.378 e. The number of halogens is 1. The summed E-state index contributed by atoms with van der Waals surface area (Å²) in [5.74, 6) is 1.69. The van der Waals surface area contributed by atoms with Gasteiger partial charge in [0.2, 0.25) is 0 Å². The van der Waals surface area contributed by atoms with Crippen LogP contribution < -0.4 is 10.6 Å². The van der Waals surface area contributed by atoms with Crippen LogP contribution in [-0.4, -0.2) is 47.0 Å². The van der Waals surface area contributed by atoms with Crippen molar-refractivity contribution in [2.24, 2.45) is 12.0 Å². The maximum Gasteiger partial charge on any atom is 0.191 e. The molecule has 1 saturated carbocycles.